The monoisotopic (exact) mass is 433 g/mol. The van der Waals surface area contributed by atoms with Crippen molar-refractivity contribution in [1.29, 1.82) is 0 Å². The molecule has 0 heterocycles. The lowest BCUT2D eigenvalue weighted by Crippen LogP contribution is -2.20. The number of benzene rings is 3. The van der Waals surface area contributed by atoms with Gasteiger partial charge in [0, 0.05) is 11.3 Å². The maximum Gasteiger partial charge on any atom is 0.341 e. The number of amides is 1. The van der Waals surface area contributed by atoms with Crippen LogP contribution in [0.15, 0.2) is 54.6 Å². The summed E-state index contributed by atoms with van der Waals surface area (Å²) in [6.45, 7) is 12.5. The third-order valence-electron chi connectivity index (χ3n) is 5.36. The highest BCUT2D eigenvalue weighted by atomic mass is 16.5. The zero-order valence-electron chi connectivity index (χ0n) is 19.6. The number of carbonyl (C=O) groups excluding carboxylic acids is 1. The minimum atomic E-state index is -1.02. The fourth-order valence-corrected chi connectivity index (χ4v) is 3.36. The SMILES string of the molecule is CC(C)(C)c1cc(C(=O)Nc2ccc3cc(OCC(=O)O)ccc3c2)cc(C(C)(C)C)c1. The number of aliphatic carboxylic acids is 1. The van der Waals surface area contributed by atoms with Gasteiger partial charge in [-0.2, -0.15) is 0 Å². The molecule has 2 N–H and O–H groups in total. The normalized spacial score (nSPS) is 11.9. The minimum Gasteiger partial charge on any atom is -0.482 e. The molecule has 168 valence electrons. The predicted octanol–water partition coefficient (Wildman–Crippen LogP) is 6.15. The third-order valence-corrected chi connectivity index (χ3v) is 5.36. The van der Waals surface area contributed by atoms with Crippen LogP contribution in [-0.4, -0.2) is 23.6 Å². The van der Waals surface area contributed by atoms with E-state index in [0.717, 1.165) is 21.9 Å². The van der Waals surface area contributed by atoms with Crippen molar-refractivity contribution in [2.75, 3.05) is 11.9 Å². The van der Waals surface area contributed by atoms with Crippen LogP contribution in [0.1, 0.15) is 63.0 Å². The van der Waals surface area contributed by atoms with Crippen molar-refractivity contribution in [2.24, 2.45) is 0 Å². The number of fused-ring (bicyclic) bond motifs is 1. The first-order chi connectivity index (χ1) is 14.8. The molecule has 0 radical (unpaired) electrons. The fraction of sp³-hybridized carbons (Fsp3) is 0.333. The molecule has 0 aliphatic heterocycles. The summed E-state index contributed by atoms with van der Waals surface area (Å²) >= 11 is 0. The van der Waals surface area contributed by atoms with E-state index in [1.807, 2.05) is 36.4 Å². The van der Waals surface area contributed by atoms with Gasteiger partial charge in [0.15, 0.2) is 6.61 Å². The molecule has 3 aromatic rings. The highest BCUT2D eigenvalue weighted by Gasteiger charge is 2.22. The van der Waals surface area contributed by atoms with Crippen LogP contribution in [-0.2, 0) is 15.6 Å². The van der Waals surface area contributed by atoms with Crippen molar-refractivity contribution in [3.05, 3.63) is 71.3 Å². The zero-order chi connectivity index (χ0) is 23.7. The van der Waals surface area contributed by atoms with Crippen LogP contribution in [0.4, 0.5) is 5.69 Å². The summed E-state index contributed by atoms with van der Waals surface area (Å²) in [5, 5.41) is 13.6. The van der Waals surface area contributed by atoms with E-state index in [1.54, 1.807) is 12.1 Å². The lowest BCUT2D eigenvalue weighted by atomic mass is 9.79. The molecule has 0 aliphatic carbocycles. The van der Waals surface area contributed by atoms with E-state index >= 15 is 0 Å². The van der Waals surface area contributed by atoms with Gasteiger partial charge in [-0.15, -0.1) is 0 Å². The molecule has 0 unspecified atom stereocenters. The molecule has 3 aromatic carbocycles. The van der Waals surface area contributed by atoms with Crippen LogP contribution < -0.4 is 10.1 Å². The van der Waals surface area contributed by atoms with Crippen molar-refractivity contribution in [3.63, 3.8) is 0 Å². The smallest absolute Gasteiger partial charge is 0.341 e. The molecule has 1 amide bonds. The summed E-state index contributed by atoms with van der Waals surface area (Å²) in [5.74, 6) is -0.680. The molecule has 5 heteroatoms. The number of carbonyl (C=O) groups is 2. The maximum atomic E-state index is 13.1. The van der Waals surface area contributed by atoms with Crippen molar-refractivity contribution >= 4 is 28.3 Å². The molecule has 5 nitrogen and oxygen atoms in total. The molecule has 0 spiro atoms. The van der Waals surface area contributed by atoms with E-state index in [0.29, 0.717) is 17.0 Å². The number of anilines is 1. The first-order valence-corrected chi connectivity index (χ1v) is 10.7. The Bertz CT molecular complexity index is 1130. The second-order valence-corrected chi connectivity index (χ2v) is 10.2. The van der Waals surface area contributed by atoms with Gasteiger partial charge in [-0.25, -0.2) is 4.79 Å². The lowest BCUT2D eigenvalue weighted by Gasteiger charge is -2.26. The number of carboxylic acids is 1. The van der Waals surface area contributed by atoms with Gasteiger partial charge in [0.05, 0.1) is 0 Å². The van der Waals surface area contributed by atoms with Gasteiger partial charge in [-0.05, 0) is 69.1 Å². The van der Waals surface area contributed by atoms with Crippen LogP contribution in [0, 0.1) is 0 Å². The summed E-state index contributed by atoms with van der Waals surface area (Å²) in [6, 6.07) is 17.1. The molecule has 0 atom stereocenters. The quantitative estimate of drug-likeness (QED) is 0.506. The Hall–Kier alpha value is -3.34. The van der Waals surface area contributed by atoms with Crippen LogP contribution in [0.25, 0.3) is 10.8 Å². The summed E-state index contributed by atoms with van der Waals surface area (Å²) in [4.78, 5) is 23.8. The minimum absolute atomic E-state index is 0.0698. The Kier molecular flexibility index (Phi) is 6.31. The van der Waals surface area contributed by atoms with Crippen LogP contribution >= 0.6 is 0 Å². The number of ether oxygens (including phenoxy) is 1. The van der Waals surface area contributed by atoms with E-state index in [9.17, 15) is 9.59 Å². The van der Waals surface area contributed by atoms with Crippen LogP contribution in [0.5, 0.6) is 5.75 Å². The van der Waals surface area contributed by atoms with Gasteiger partial charge in [-0.1, -0.05) is 59.7 Å². The Morgan fingerprint density at radius 2 is 1.38 bits per heavy atom. The summed E-state index contributed by atoms with van der Waals surface area (Å²) in [5.41, 5.74) is 3.45. The Balaban J connectivity index is 1.87. The molecule has 0 aliphatic rings. The third kappa shape index (κ3) is 5.67. The average molecular weight is 434 g/mol. The first-order valence-electron chi connectivity index (χ1n) is 10.7. The molecular formula is C27H31NO4. The second-order valence-electron chi connectivity index (χ2n) is 10.2. The molecular weight excluding hydrogens is 402 g/mol. The van der Waals surface area contributed by atoms with E-state index in [2.05, 4.69) is 52.9 Å². The number of hydrogen-bond donors (Lipinski definition) is 2. The Morgan fingerprint density at radius 1 is 0.812 bits per heavy atom. The van der Waals surface area contributed by atoms with E-state index in [1.165, 1.54) is 0 Å². The highest BCUT2D eigenvalue weighted by molar-refractivity contribution is 6.05. The summed E-state index contributed by atoms with van der Waals surface area (Å²) < 4.78 is 5.24. The van der Waals surface area contributed by atoms with Crippen molar-refractivity contribution in [2.45, 2.75) is 52.4 Å². The van der Waals surface area contributed by atoms with E-state index in [-0.39, 0.29) is 23.3 Å². The maximum absolute atomic E-state index is 13.1. The van der Waals surface area contributed by atoms with Crippen molar-refractivity contribution < 1.29 is 19.4 Å². The zero-order valence-corrected chi connectivity index (χ0v) is 19.6. The highest BCUT2D eigenvalue weighted by Crippen LogP contribution is 2.31. The molecule has 32 heavy (non-hydrogen) atoms. The van der Waals surface area contributed by atoms with Crippen molar-refractivity contribution in [3.8, 4) is 5.75 Å². The van der Waals surface area contributed by atoms with Gasteiger partial charge < -0.3 is 15.2 Å². The summed E-state index contributed by atoms with van der Waals surface area (Å²) in [6.07, 6.45) is 0. The van der Waals surface area contributed by atoms with E-state index in [4.69, 9.17) is 9.84 Å². The topological polar surface area (TPSA) is 75.6 Å². The fourth-order valence-electron chi connectivity index (χ4n) is 3.36. The predicted molar refractivity (Wildman–Crippen MR) is 129 cm³/mol. The second kappa shape index (κ2) is 8.65. The van der Waals surface area contributed by atoms with E-state index < -0.39 is 5.97 Å². The number of hydrogen-bond acceptors (Lipinski definition) is 3. The Morgan fingerprint density at radius 3 is 1.94 bits per heavy atom. The molecule has 0 bridgehead atoms. The Labute approximate surface area is 189 Å². The largest absolute Gasteiger partial charge is 0.482 e. The molecule has 3 rings (SSSR count). The number of nitrogens with one attached hydrogen (secondary N) is 1. The lowest BCUT2D eigenvalue weighted by molar-refractivity contribution is -0.139. The van der Waals surface area contributed by atoms with Crippen LogP contribution in [0.2, 0.25) is 0 Å². The molecule has 0 fully saturated rings. The summed E-state index contributed by atoms with van der Waals surface area (Å²) in [7, 11) is 0. The first kappa shape index (κ1) is 23.3. The van der Waals surface area contributed by atoms with Gasteiger partial charge in [-0.3, -0.25) is 4.79 Å². The van der Waals surface area contributed by atoms with Gasteiger partial charge in [0.1, 0.15) is 5.75 Å². The van der Waals surface area contributed by atoms with Crippen molar-refractivity contribution in [1.82, 2.24) is 0 Å². The molecule has 0 aromatic heterocycles. The molecule has 0 saturated carbocycles. The molecule has 0 saturated heterocycles. The number of carboxylic acid groups (broad SMARTS) is 1. The van der Waals surface area contributed by atoms with Gasteiger partial charge >= 0.3 is 5.97 Å². The van der Waals surface area contributed by atoms with Crippen LogP contribution in [0.3, 0.4) is 0 Å². The standard InChI is InChI=1S/C27H31NO4/c1-26(2,3)20-11-19(12-21(15-20)27(4,5)6)25(31)28-22-9-7-18-14-23(32-16-24(29)30)10-8-17(18)13-22/h7-15H,16H2,1-6H3,(H,28,31)(H,29,30). The van der Waals surface area contributed by atoms with Gasteiger partial charge in [0.2, 0.25) is 0 Å². The number of rotatable bonds is 5. The van der Waals surface area contributed by atoms with Gasteiger partial charge in [0.25, 0.3) is 5.91 Å². The average Bonchev–Trinajstić information content (AvgIpc) is 2.70.